The Balaban J connectivity index is 2.21. The second-order valence-corrected chi connectivity index (χ2v) is 6.39. The second kappa shape index (κ2) is 8.63. The number of non-ortho nitro benzene ring substituents is 1. The number of nitro benzene ring substituents is 1. The van der Waals surface area contributed by atoms with Crippen LogP contribution in [0.1, 0.15) is 36.4 Å². The number of anilines is 1. The van der Waals surface area contributed by atoms with Crippen LogP contribution in [0.5, 0.6) is 0 Å². The highest BCUT2D eigenvalue weighted by Crippen LogP contribution is 2.24. The van der Waals surface area contributed by atoms with Gasteiger partial charge in [0.05, 0.1) is 15.5 Å². The van der Waals surface area contributed by atoms with Gasteiger partial charge in [-0.15, -0.1) is 0 Å². The van der Waals surface area contributed by atoms with Crippen LogP contribution >= 0.6 is 11.6 Å². The molecule has 1 unspecified atom stereocenters. The van der Waals surface area contributed by atoms with Gasteiger partial charge in [-0.25, -0.2) is 0 Å². The lowest BCUT2D eigenvalue weighted by atomic mass is 10.1. The standard InChI is InChI=1S/C17H19ClN4O5/c1-4-10(2)21(9-16(23)19-15-7-11(3)27-20-15)17(24)13-6-5-12(22(25)26)8-14(13)18/h5-8,10H,4,9H2,1-3H3,(H,19,20,23). The monoisotopic (exact) mass is 394 g/mol. The first-order valence-corrected chi connectivity index (χ1v) is 8.58. The van der Waals surface area contributed by atoms with Crippen molar-refractivity contribution in [2.75, 3.05) is 11.9 Å². The lowest BCUT2D eigenvalue weighted by molar-refractivity contribution is -0.384. The van der Waals surface area contributed by atoms with Crippen LogP contribution < -0.4 is 5.32 Å². The zero-order valence-corrected chi connectivity index (χ0v) is 15.8. The maximum atomic E-state index is 12.9. The summed E-state index contributed by atoms with van der Waals surface area (Å²) in [7, 11) is 0. The van der Waals surface area contributed by atoms with E-state index in [0.29, 0.717) is 12.2 Å². The van der Waals surface area contributed by atoms with E-state index in [1.807, 2.05) is 6.92 Å². The quantitative estimate of drug-likeness (QED) is 0.567. The predicted molar refractivity (Wildman–Crippen MR) is 98.8 cm³/mol. The molecule has 1 N–H and O–H groups in total. The van der Waals surface area contributed by atoms with E-state index in [1.54, 1.807) is 19.9 Å². The Labute approximate surface area is 160 Å². The van der Waals surface area contributed by atoms with E-state index in [1.165, 1.54) is 17.0 Å². The fourth-order valence-corrected chi connectivity index (χ4v) is 2.61. The van der Waals surface area contributed by atoms with Crippen molar-refractivity contribution in [1.82, 2.24) is 10.1 Å². The van der Waals surface area contributed by atoms with Crippen molar-refractivity contribution in [3.8, 4) is 0 Å². The first-order valence-electron chi connectivity index (χ1n) is 8.21. The van der Waals surface area contributed by atoms with Crippen LogP contribution in [0.4, 0.5) is 11.5 Å². The van der Waals surface area contributed by atoms with Gasteiger partial charge in [-0.1, -0.05) is 23.7 Å². The summed E-state index contributed by atoms with van der Waals surface area (Å²) >= 11 is 6.05. The molecule has 10 heteroatoms. The number of halogens is 1. The highest BCUT2D eigenvalue weighted by Gasteiger charge is 2.26. The largest absolute Gasteiger partial charge is 0.360 e. The maximum Gasteiger partial charge on any atom is 0.270 e. The number of aryl methyl sites for hydroxylation is 1. The van der Waals surface area contributed by atoms with Crippen molar-refractivity contribution in [3.63, 3.8) is 0 Å². The van der Waals surface area contributed by atoms with Gasteiger partial charge in [-0.05, 0) is 26.3 Å². The fraction of sp³-hybridized carbons (Fsp3) is 0.353. The number of hydrogen-bond donors (Lipinski definition) is 1. The van der Waals surface area contributed by atoms with Gasteiger partial charge in [0.15, 0.2) is 5.82 Å². The topological polar surface area (TPSA) is 119 Å². The number of carbonyl (C=O) groups is 2. The molecule has 0 spiro atoms. The Morgan fingerprint density at radius 1 is 1.41 bits per heavy atom. The molecule has 2 amide bonds. The first-order chi connectivity index (χ1) is 12.7. The van der Waals surface area contributed by atoms with E-state index in [-0.39, 0.29) is 34.7 Å². The molecule has 1 heterocycles. The van der Waals surface area contributed by atoms with Gasteiger partial charge in [-0.3, -0.25) is 19.7 Å². The van der Waals surface area contributed by atoms with E-state index in [4.69, 9.17) is 16.1 Å². The second-order valence-electron chi connectivity index (χ2n) is 5.98. The molecule has 2 aromatic rings. The molecule has 2 rings (SSSR count). The summed E-state index contributed by atoms with van der Waals surface area (Å²) < 4.78 is 4.88. The average molecular weight is 395 g/mol. The van der Waals surface area contributed by atoms with Crippen LogP contribution in [-0.4, -0.2) is 39.4 Å². The van der Waals surface area contributed by atoms with Crippen molar-refractivity contribution in [2.24, 2.45) is 0 Å². The molecule has 0 fully saturated rings. The van der Waals surface area contributed by atoms with Gasteiger partial charge in [0.25, 0.3) is 11.6 Å². The number of nitrogens with one attached hydrogen (secondary N) is 1. The Bertz CT molecular complexity index is 867. The molecule has 0 aliphatic rings. The normalized spacial score (nSPS) is 11.7. The zero-order chi connectivity index (χ0) is 20.1. The molecular formula is C17H19ClN4O5. The molecule has 0 bridgehead atoms. The summed E-state index contributed by atoms with van der Waals surface area (Å²) in [6.45, 7) is 5.13. The fourth-order valence-electron chi connectivity index (χ4n) is 2.36. The summed E-state index contributed by atoms with van der Waals surface area (Å²) in [5, 5.41) is 17.0. The molecule has 27 heavy (non-hydrogen) atoms. The van der Waals surface area contributed by atoms with Crippen molar-refractivity contribution < 1.29 is 19.0 Å². The third kappa shape index (κ3) is 5.04. The van der Waals surface area contributed by atoms with E-state index in [0.717, 1.165) is 6.07 Å². The highest BCUT2D eigenvalue weighted by atomic mass is 35.5. The van der Waals surface area contributed by atoms with Crippen LogP contribution in [0.15, 0.2) is 28.8 Å². The van der Waals surface area contributed by atoms with Crippen LogP contribution in [0.25, 0.3) is 0 Å². The Morgan fingerprint density at radius 3 is 2.63 bits per heavy atom. The number of nitro groups is 1. The van der Waals surface area contributed by atoms with Crippen molar-refractivity contribution in [3.05, 3.63) is 50.7 Å². The predicted octanol–water partition coefficient (Wildman–Crippen LogP) is 3.42. The van der Waals surface area contributed by atoms with Crippen LogP contribution in [0.2, 0.25) is 5.02 Å². The van der Waals surface area contributed by atoms with Gasteiger partial charge in [0, 0.05) is 24.2 Å². The molecule has 0 aliphatic carbocycles. The first kappa shape index (κ1) is 20.4. The number of aromatic nitrogens is 1. The van der Waals surface area contributed by atoms with Gasteiger partial charge in [0.2, 0.25) is 5.91 Å². The minimum Gasteiger partial charge on any atom is -0.360 e. The van der Waals surface area contributed by atoms with Gasteiger partial charge < -0.3 is 14.7 Å². The molecule has 1 atom stereocenters. The van der Waals surface area contributed by atoms with E-state index in [2.05, 4.69) is 10.5 Å². The number of rotatable bonds is 7. The van der Waals surface area contributed by atoms with Crippen molar-refractivity contribution >= 4 is 34.9 Å². The summed E-state index contributed by atoms with van der Waals surface area (Å²) in [6.07, 6.45) is 0.604. The van der Waals surface area contributed by atoms with Crippen molar-refractivity contribution in [1.29, 1.82) is 0 Å². The Hall–Kier alpha value is -2.94. The Morgan fingerprint density at radius 2 is 2.11 bits per heavy atom. The van der Waals surface area contributed by atoms with Crippen molar-refractivity contribution in [2.45, 2.75) is 33.2 Å². The number of amides is 2. The van der Waals surface area contributed by atoms with E-state index in [9.17, 15) is 19.7 Å². The summed E-state index contributed by atoms with van der Waals surface area (Å²) in [6, 6.07) is 4.90. The van der Waals surface area contributed by atoms with Gasteiger partial charge in [0.1, 0.15) is 12.3 Å². The lowest BCUT2D eigenvalue weighted by Crippen LogP contribution is -2.43. The molecule has 0 radical (unpaired) electrons. The lowest BCUT2D eigenvalue weighted by Gasteiger charge is -2.28. The minimum atomic E-state index is -0.597. The van der Waals surface area contributed by atoms with E-state index >= 15 is 0 Å². The maximum absolute atomic E-state index is 12.9. The third-order valence-corrected chi connectivity index (χ3v) is 4.30. The molecule has 0 saturated heterocycles. The molecule has 0 aliphatic heterocycles. The minimum absolute atomic E-state index is 0.0463. The van der Waals surface area contributed by atoms with Crippen LogP contribution in [-0.2, 0) is 4.79 Å². The van der Waals surface area contributed by atoms with E-state index < -0.39 is 16.7 Å². The molecule has 1 aromatic carbocycles. The smallest absolute Gasteiger partial charge is 0.270 e. The molecule has 1 aromatic heterocycles. The number of nitrogens with zero attached hydrogens (tertiary/aromatic N) is 3. The summed E-state index contributed by atoms with van der Waals surface area (Å²) in [5.41, 5.74) is -0.126. The number of hydrogen-bond acceptors (Lipinski definition) is 6. The molecule has 9 nitrogen and oxygen atoms in total. The summed E-state index contributed by atoms with van der Waals surface area (Å²) in [5.74, 6) is -0.147. The Kier molecular flexibility index (Phi) is 6.51. The van der Waals surface area contributed by atoms with Crippen LogP contribution in [0, 0.1) is 17.0 Å². The average Bonchev–Trinajstić information content (AvgIpc) is 3.02. The summed E-state index contributed by atoms with van der Waals surface area (Å²) in [4.78, 5) is 36.8. The van der Waals surface area contributed by atoms with Gasteiger partial charge >= 0.3 is 0 Å². The SMILES string of the molecule is CCC(C)N(CC(=O)Nc1cc(C)on1)C(=O)c1ccc([N+](=O)[O-])cc1Cl. The number of carbonyl (C=O) groups excluding carboxylic acids is 2. The van der Waals surface area contributed by atoms with Gasteiger partial charge in [-0.2, -0.15) is 0 Å². The van der Waals surface area contributed by atoms with Crippen LogP contribution in [0.3, 0.4) is 0 Å². The highest BCUT2D eigenvalue weighted by molar-refractivity contribution is 6.34. The molecular weight excluding hydrogens is 376 g/mol. The molecule has 0 saturated carbocycles. The number of benzene rings is 1. The molecule has 144 valence electrons. The third-order valence-electron chi connectivity index (χ3n) is 3.99. The zero-order valence-electron chi connectivity index (χ0n) is 15.1.